The molecule has 1 aliphatic rings. The molecule has 8 nitrogen and oxygen atoms in total. The number of carbonyl (C=O) groups excluding carboxylic acids is 4. The monoisotopic (exact) mass is 446 g/mol. The average Bonchev–Trinajstić information content (AvgIpc) is 3.30. The lowest BCUT2D eigenvalue weighted by Gasteiger charge is -2.17. The van der Waals surface area contributed by atoms with Gasteiger partial charge in [-0.25, -0.2) is 4.79 Å². The predicted octanol–water partition coefficient (Wildman–Crippen LogP) is 3.44. The molecule has 0 aliphatic carbocycles. The maximum absolute atomic E-state index is 13.0. The van der Waals surface area contributed by atoms with E-state index in [2.05, 4.69) is 0 Å². The summed E-state index contributed by atoms with van der Waals surface area (Å²) in [5, 5.41) is 0. The van der Waals surface area contributed by atoms with Crippen molar-refractivity contribution in [2.24, 2.45) is 0 Å². The first kappa shape index (κ1) is 22.0. The SMILES string of the molecule is COC(=O)c1cc(CN(C)C(=O)c2cccc(CN3C(=O)c4ccccc4C3=O)c2)oc1C. The Kier molecular flexibility index (Phi) is 5.83. The Labute approximate surface area is 190 Å². The Morgan fingerprint density at radius 1 is 1.00 bits per heavy atom. The van der Waals surface area contributed by atoms with Gasteiger partial charge in [-0.15, -0.1) is 0 Å². The van der Waals surface area contributed by atoms with Crippen molar-refractivity contribution in [2.45, 2.75) is 20.0 Å². The van der Waals surface area contributed by atoms with E-state index in [1.165, 1.54) is 16.9 Å². The highest BCUT2D eigenvalue weighted by molar-refractivity contribution is 6.21. The number of fused-ring (bicyclic) bond motifs is 1. The van der Waals surface area contributed by atoms with Crippen LogP contribution in [0.4, 0.5) is 0 Å². The van der Waals surface area contributed by atoms with Gasteiger partial charge in [0, 0.05) is 12.6 Å². The van der Waals surface area contributed by atoms with E-state index in [9.17, 15) is 19.2 Å². The van der Waals surface area contributed by atoms with E-state index < -0.39 is 5.97 Å². The number of esters is 1. The van der Waals surface area contributed by atoms with Crippen LogP contribution in [-0.2, 0) is 17.8 Å². The molecule has 0 atom stereocenters. The van der Waals surface area contributed by atoms with Gasteiger partial charge in [0.15, 0.2) is 0 Å². The van der Waals surface area contributed by atoms with E-state index in [1.54, 1.807) is 68.6 Å². The van der Waals surface area contributed by atoms with Crippen LogP contribution in [0.1, 0.15) is 58.5 Å². The summed E-state index contributed by atoms with van der Waals surface area (Å²) >= 11 is 0. The van der Waals surface area contributed by atoms with Crippen molar-refractivity contribution in [2.75, 3.05) is 14.2 Å². The number of rotatable bonds is 6. The van der Waals surface area contributed by atoms with Crippen LogP contribution < -0.4 is 0 Å². The second-order valence-corrected chi connectivity index (χ2v) is 7.78. The Hall–Kier alpha value is -4.20. The summed E-state index contributed by atoms with van der Waals surface area (Å²) in [7, 11) is 2.91. The standard InChI is InChI=1S/C25H22N2O6/c1-15-21(25(31)32-3)12-18(33-15)14-26(2)22(28)17-8-6-7-16(11-17)13-27-23(29)19-9-4-5-10-20(19)24(27)30/h4-12H,13-14H2,1-3H3. The molecule has 0 unspecified atom stereocenters. The number of nitrogens with zero attached hydrogens (tertiary/aromatic N) is 2. The van der Waals surface area contributed by atoms with E-state index in [0.29, 0.717) is 39.3 Å². The number of methoxy groups -OCH3 is 1. The number of imide groups is 1. The van der Waals surface area contributed by atoms with Gasteiger partial charge < -0.3 is 14.1 Å². The van der Waals surface area contributed by atoms with Crippen LogP contribution in [0.25, 0.3) is 0 Å². The fourth-order valence-electron chi connectivity index (χ4n) is 3.83. The van der Waals surface area contributed by atoms with E-state index in [1.807, 2.05) is 0 Å². The van der Waals surface area contributed by atoms with Gasteiger partial charge in [0.2, 0.25) is 0 Å². The van der Waals surface area contributed by atoms with E-state index in [0.717, 1.165) is 0 Å². The molecule has 2 heterocycles. The molecule has 0 N–H and O–H groups in total. The van der Waals surface area contributed by atoms with Gasteiger partial charge in [0.05, 0.1) is 31.3 Å². The zero-order chi connectivity index (χ0) is 23.7. The van der Waals surface area contributed by atoms with Crippen LogP contribution >= 0.6 is 0 Å². The normalized spacial score (nSPS) is 12.6. The number of benzene rings is 2. The quantitative estimate of drug-likeness (QED) is 0.425. The molecular weight excluding hydrogens is 424 g/mol. The largest absolute Gasteiger partial charge is 0.465 e. The van der Waals surface area contributed by atoms with Crippen LogP contribution in [0.2, 0.25) is 0 Å². The summed E-state index contributed by atoms with van der Waals surface area (Å²) < 4.78 is 10.3. The van der Waals surface area contributed by atoms with Crippen molar-refractivity contribution >= 4 is 23.7 Å². The predicted molar refractivity (Wildman–Crippen MR) is 118 cm³/mol. The summed E-state index contributed by atoms with van der Waals surface area (Å²) in [5.74, 6) is -0.602. The maximum atomic E-state index is 13.0. The first-order valence-electron chi connectivity index (χ1n) is 10.3. The van der Waals surface area contributed by atoms with Crippen LogP contribution in [-0.4, -0.2) is 47.6 Å². The molecule has 8 heteroatoms. The lowest BCUT2D eigenvalue weighted by atomic mass is 10.1. The van der Waals surface area contributed by atoms with E-state index >= 15 is 0 Å². The molecule has 0 bridgehead atoms. The van der Waals surface area contributed by atoms with Crippen LogP contribution in [0.15, 0.2) is 59.0 Å². The smallest absolute Gasteiger partial charge is 0.341 e. The number of amides is 3. The molecule has 3 aromatic rings. The Balaban J connectivity index is 1.48. The molecular formula is C25H22N2O6. The number of carbonyl (C=O) groups is 4. The lowest BCUT2D eigenvalue weighted by Crippen LogP contribution is -2.29. The van der Waals surface area contributed by atoms with Gasteiger partial charge in [-0.3, -0.25) is 19.3 Å². The summed E-state index contributed by atoms with van der Waals surface area (Å²) in [6, 6.07) is 15.1. The summed E-state index contributed by atoms with van der Waals surface area (Å²) in [6.07, 6.45) is 0. The minimum Gasteiger partial charge on any atom is -0.465 e. The van der Waals surface area contributed by atoms with Gasteiger partial charge in [-0.2, -0.15) is 0 Å². The third-order valence-corrected chi connectivity index (χ3v) is 5.51. The molecule has 168 valence electrons. The van der Waals surface area contributed by atoms with E-state index in [4.69, 9.17) is 9.15 Å². The van der Waals surface area contributed by atoms with Crippen LogP contribution in [0.5, 0.6) is 0 Å². The Morgan fingerprint density at radius 3 is 2.30 bits per heavy atom. The van der Waals surface area contributed by atoms with Crippen molar-refractivity contribution in [3.63, 3.8) is 0 Å². The van der Waals surface area contributed by atoms with Gasteiger partial charge >= 0.3 is 5.97 Å². The molecule has 1 aliphatic heterocycles. The molecule has 3 amide bonds. The van der Waals surface area contributed by atoms with Gasteiger partial charge in [0.25, 0.3) is 17.7 Å². The van der Waals surface area contributed by atoms with Crippen LogP contribution in [0.3, 0.4) is 0 Å². The molecule has 0 radical (unpaired) electrons. The minimum atomic E-state index is -0.502. The van der Waals surface area contributed by atoms with Crippen molar-refractivity contribution in [3.05, 3.63) is 93.9 Å². The third kappa shape index (κ3) is 4.15. The second-order valence-electron chi connectivity index (χ2n) is 7.78. The van der Waals surface area contributed by atoms with E-state index in [-0.39, 0.29) is 30.8 Å². The van der Waals surface area contributed by atoms with Crippen molar-refractivity contribution < 1.29 is 28.3 Å². The zero-order valence-electron chi connectivity index (χ0n) is 18.5. The van der Waals surface area contributed by atoms with Gasteiger partial charge in [0.1, 0.15) is 17.1 Å². The fraction of sp³-hybridized carbons (Fsp3) is 0.200. The molecule has 0 saturated carbocycles. The summed E-state index contributed by atoms with van der Waals surface area (Å²) in [5.41, 5.74) is 2.15. The molecule has 0 fully saturated rings. The topological polar surface area (TPSA) is 97.1 Å². The molecule has 0 spiro atoms. The Morgan fingerprint density at radius 2 is 1.67 bits per heavy atom. The second kappa shape index (κ2) is 8.74. The first-order valence-corrected chi connectivity index (χ1v) is 10.3. The number of aryl methyl sites for hydroxylation is 1. The highest BCUT2D eigenvalue weighted by Crippen LogP contribution is 2.25. The fourth-order valence-corrected chi connectivity index (χ4v) is 3.83. The molecule has 0 saturated heterocycles. The first-order chi connectivity index (χ1) is 15.8. The highest BCUT2D eigenvalue weighted by Gasteiger charge is 2.35. The van der Waals surface area contributed by atoms with Crippen molar-refractivity contribution in [1.82, 2.24) is 9.80 Å². The van der Waals surface area contributed by atoms with Crippen molar-refractivity contribution in [3.8, 4) is 0 Å². The highest BCUT2D eigenvalue weighted by atomic mass is 16.5. The molecule has 2 aromatic carbocycles. The molecule has 1 aromatic heterocycles. The number of hydrogen-bond donors (Lipinski definition) is 0. The van der Waals surface area contributed by atoms with Gasteiger partial charge in [-0.05, 0) is 42.8 Å². The lowest BCUT2D eigenvalue weighted by molar-refractivity contribution is 0.0595. The molecule has 4 rings (SSSR count). The third-order valence-electron chi connectivity index (χ3n) is 5.51. The van der Waals surface area contributed by atoms with Crippen LogP contribution in [0, 0.1) is 6.92 Å². The van der Waals surface area contributed by atoms with Crippen molar-refractivity contribution in [1.29, 1.82) is 0 Å². The summed E-state index contributed by atoms with van der Waals surface area (Å²) in [6.45, 7) is 1.87. The van der Waals surface area contributed by atoms with Gasteiger partial charge in [-0.1, -0.05) is 24.3 Å². The Bertz CT molecular complexity index is 1240. The number of hydrogen-bond acceptors (Lipinski definition) is 6. The summed E-state index contributed by atoms with van der Waals surface area (Å²) in [4.78, 5) is 52.6. The average molecular weight is 446 g/mol. The maximum Gasteiger partial charge on any atom is 0.341 e. The minimum absolute atomic E-state index is 0.0665. The number of furan rings is 1. The molecule has 33 heavy (non-hydrogen) atoms. The zero-order valence-corrected chi connectivity index (χ0v) is 18.5. The number of ether oxygens (including phenoxy) is 1.